The first kappa shape index (κ1) is 10.8. The second-order valence-electron chi connectivity index (χ2n) is 2.72. The molecule has 14 heavy (non-hydrogen) atoms. The van der Waals surface area contributed by atoms with Crippen molar-refractivity contribution in [2.24, 2.45) is 0 Å². The first-order valence-corrected chi connectivity index (χ1v) is 4.09. The lowest BCUT2D eigenvalue weighted by molar-refractivity contribution is -0.137. The molecule has 1 heterocycles. The molecule has 0 bridgehead atoms. The van der Waals surface area contributed by atoms with Crippen molar-refractivity contribution in [1.82, 2.24) is 4.98 Å². The standard InChI is InChI=1S/C9H10F3NO/c1-3-7-8(14-2)4-6(5-13-7)9(10,11)12/h4-5H,3H2,1-2H3. The van der Waals surface area contributed by atoms with Crippen LogP contribution < -0.4 is 4.74 Å². The molecule has 0 aliphatic carbocycles. The lowest BCUT2D eigenvalue weighted by Crippen LogP contribution is -2.07. The molecule has 0 aliphatic heterocycles. The van der Waals surface area contributed by atoms with Crippen LogP contribution in [0.25, 0.3) is 0 Å². The van der Waals surface area contributed by atoms with Gasteiger partial charge in [0.1, 0.15) is 5.75 Å². The van der Waals surface area contributed by atoms with E-state index in [1.54, 1.807) is 6.92 Å². The van der Waals surface area contributed by atoms with E-state index in [-0.39, 0.29) is 5.75 Å². The van der Waals surface area contributed by atoms with Crippen LogP contribution >= 0.6 is 0 Å². The summed E-state index contributed by atoms with van der Waals surface area (Å²) in [5.41, 5.74) is -0.257. The summed E-state index contributed by atoms with van der Waals surface area (Å²) in [4.78, 5) is 3.69. The van der Waals surface area contributed by atoms with E-state index >= 15 is 0 Å². The highest BCUT2D eigenvalue weighted by Gasteiger charge is 2.31. The highest BCUT2D eigenvalue weighted by atomic mass is 19.4. The van der Waals surface area contributed by atoms with Crippen molar-refractivity contribution in [1.29, 1.82) is 0 Å². The highest BCUT2D eigenvalue weighted by molar-refractivity contribution is 5.32. The predicted octanol–water partition coefficient (Wildman–Crippen LogP) is 2.67. The van der Waals surface area contributed by atoms with Crippen molar-refractivity contribution in [2.75, 3.05) is 7.11 Å². The number of pyridine rings is 1. The molecule has 0 saturated carbocycles. The molecule has 2 nitrogen and oxygen atoms in total. The minimum atomic E-state index is -4.37. The van der Waals surface area contributed by atoms with E-state index in [0.717, 1.165) is 12.3 Å². The molecule has 0 radical (unpaired) electrons. The van der Waals surface area contributed by atoms with Gasteiger partial charge in [-0.05, 0) is 12.5 Å². The molecule has 0 spiro atoms. The zero-order valence-electron chi connectivity index (χ0n) is 7.85. The zero-order chi connectivity index (χ0) is 10.8. The number of hydrogen-bond acceptors (Lipinski definition) is 2. The monoisotopic (exact) mass is 205 g/mol. The molecule has 0 fully saturated rings. The van der Waals surface area contributed by atoms with Gasteiger partial charge < -0.3 is 4.74 Å². The van der Waals surface area contributed by atoms with Crippen molar-refractivity contribution in [3.05, 3.63) is 23.5 Å². The molecule has 0 atom stereocenters. The molecule has 78 valence electrons. The van der Waals surface area contributed by atoms with Gasteiger partial charge in [-0.3, -0.25) is 4.98 Å². The van der Waals surface area contributed by atoms with Gasteiger partial charge in [0.15, 0.2) is 0 Å². The van der Waals surface area contributed by atoms with Crippen LogP contribution in [0, 0.1) is 0 Å². The summed E-state index contributed by atoms with van der Waals surface area (Å²) in [6.07, 6.45) is -3.00. The third kappa shape index (κ3) is 2.16. The fraction of sp³-hybridized carbons (Fsp3) is 0.444. The van der Waals surface area contributed by atoms with Gasteiger partial charge in [-0.1, -0.05) is 6.92 Å². The highest BCUT2D eigenvalue weighted by Crippen LogP contribution is 2.31. The van der Waals surface area contributed by atoms with Gasteiger partial charge in [0.25, 0.3) is 0 Å². The second-order valence-corrected chi connectivity index (χ2v) is 2.72. The van der Waals surface area contributed by atoms with Crippen molar-refractivity contribution >= 4 is 0 Å². The number of ether oxygens (including phenoxy) is 1. The Hall–Kier alpha value is -1.26. The van der Waals surface area contributed by atoms with Crippen LogP contribution in [0.1, 0.15) is 18.2 Å². The van der Waals surface area contributed by atoms with Crippen molar-refractivity contribution < 1.29 is 17.9 Å². The van der Waals surface area contributed by atoms with E-state index < -0.39 is 11.7 Å². The Balaban J connectivity index is 3.14. The van der Waals surface area contributed by atoms with E-state index in [1.165, 1.54) is 7.11 Å². The molecule has 5 heteroatoms. The third-order valence-corrected chi connectivity index (χ3v) is 1.81. The van der Waals surface area contributed by atoms with Gasteiger partial charge in [0, 0.05) is 6.20 Å². The number of methoxy groups -OCH3 is 1. The van der Waals surface area contributed by atoms with Gasteiger partial charge in [-0.25, -0.2) is 0 Å². The SMILES string of the molecule is CCc1ncc(C(F)(F)F)cc1OC. The number of aromatic nitrogens is 1. The summed E-state index contributed by atoms with van der Waals surface area (Å²) < 4.78 is 41.5. The molecule has 0 unspecified atom stereocenters. The Kier molecular flexibility index (Phi) is 2.98. The van der Waals surface area contributed by atoms with E-state index in [9.17, 15) is 13.2 Å². The Morgan fingerprint density at radius 2 is 2.07 bits per heavy atom. The number of halogens is 3. The maximum absolute atomic E-state index is 12.2. The van der Waals surface area contributed by atoms with Crippen LogP contribution in [-0.2, 0) is 12.6 Å². The zero-order valence-corrected chi connectivity index (χ0v) is 7.85. The molecular weight excluding hydrogens is 195 g/mol. The predicted molar refractivity (Wildman–Crippen MR) is 45.2 cm³/mol. The van der Waals surface area contributed by atoms with Gasteiger partial charge in [-0.15, -0.1) is 0 Å². The first-order valence-electron chi connectivity index (χ1n) is 4.09. The van der Waals surface area contributed by atoms with Gasteiger partial charge in [0.05, 0.1) is 18.4 Å². The van der Waals surface area contributed by atoms with E-state index in [0.29, 0.717) is 12.1 Å². The van der Waals surface area contributed by atoms with E-state index in [2.05, 4.69) is 4.98 Å². The number of rotatable bonds is 2. The topological polar surface area (TPSA) is 22.1 Å². The molecule has 0 N–H and O–H groups in total. The van der Waals surface area contributed by atoms with Crippen molar-refractivity contribution in [2.45, 2.75) is 19.5 Å². The number of nitrogens with zero attached hydrogens (tertiary/aromatic N) is 1. The number of alkyl halides is 3. The Labute approximate surface area is 79.7 Å². The minimum absolute atomic E-state index is 0.183. The average molecular weight is 205 g/mol. The molecule has 0 aromatic carbocycles. The van der Waals surface area contributed by atoms with Gasteiger partial charge in [0.2, 0.25) is 0 Å². The van der Waals surface area contributed by atoms with Crippen molar-refractivity contribution in [3.8, 4) is 5.75 Å². The Bertz CT molecular complexity index is 322. The maximum atomic E-state index is 12.2. The largest absolute Gasteiger partial charge is 0.495 e. The first-order chi connectivity index (χ1) is 6.49. The van der Waals surface area contributed by atoms with Crippen molar-refractivity contribution in [3.63, 3.8) is 0 Å². The Morgan fingerprint density at radius 1 is 1.43 bits per heavy atom. The van der Waals surface area contributed by atoms with Crippen LogP contribution in [0.15, 0.2) is 12.3 Å². The lowest BCUT2D eigenvalue weighted by atomic mass is 10.2. The van der Waals surface area contributed by atoms with Crippen LogP contribution in [0.4, 0.5) is 13.2 Å². The summed E-state index contributed by atoms with van der Waals surface area (Å²) in [7, 11) is 1.33. The summed E-state index contributed by atoms with van der Waals surface area (Å²) in [6.45, 7) is 1.80. The summed E-state index contributed by atoms with van der Waals surface area (Å²) in [5, 5.41) is 0. The molecule has 1 aromatic rings. The fourth-order valence-corrected chi connectivity index (χ4v) is 1.07. The minimum Gasteiger partial charge on any atom is -0.495 e. The van der Waals surface area contributed by atoms with Gasteiger partial charge in [-0.2, -0.15) is 13.2 Å². The van der Waals surface area contributed by atoms with E-state index in [4.69, 9.17) is 4.74 Å². The smallest absolute Gasteiger partial charge is 0.418 e. The van der Waals surface area contributed by atoms with E-state index in [1.807, 2.05) is 0 Å². The van der Waals surface area contributed by atoms with Crippen LogP contribution in [0.3, 0.4) is 0 Å². The van der Waals surface area contributed by atoms with Gasteiger partial charge >= 0.3 is 6.18 Å². The molecular formula is C9H10F3NO. The molecule has 1 aromatic heterocycles. The number of hydrogen-bond donors (Lipinski definition) is 0. The lowest BCUT2D eigenvalue weighted by Gasteiger charge is -2.10. The second kappa shape index (κ2) is 3.86. The fourth-order valence-electron chi connectivity index (χ4n) is 1.07. The average Bonchev–Trinajstić information content (AvgIpc) is 2.15. The third-order valence-electron chi connectivity index (χ3n) is 1.81. The number of aryl methyl sites for hydroxylation is 1. The van der Waals surface area contributed by atoms with Crippen LogP contribution in [0.5, 0.6) is 5.75 Å². The quantitative estimate of drug-likeness (QED) is 0.740. The molecule has 0 saturated heterocycles. The Morgan fingerprint density at radius 3 is 2.50 bits per heavy atom. The summed E-state index contributed by atoms with van der Waals surface area (Å²) in [6, 6.07) is 0.964. The summed E-state index contributed by atoms with van der Waals surface area (Å²) in [5.74, 6) is 0.183. The molecule has 0 aliphatic rings. The normalized spacial score (nSPS) is 11.5. The van der Waals surface area contributed by atoms with Crippen LogP contribution in [-0.4, -0.2) is 12.1 Å². The summed E-state index contributed by atoms with van der Waals surface area (Å²) >= 11 is 0. The maximum Gasteiger partial charge on any atom is 0.418 e. The molecule has 1 rings (SSSR count). The molecule has 0 amide bonds. The van der Waals surface area contributed by atoms with Crippen LogP contribution in [0.2, 0.25) is 0 Å².